The second-order valence-corrected chi connectivity index (χ2v) is 7.96. The summed E-state index contributed by atoms with van der Waals surface area (Å²) in [5.74, 6) is 0.205. The van der Waals surface area contributed by atoms with Crippen LogP contribution < -0.4 is 5.32 Å². The zero-order valence-electron chi connectivity index (χ0n) is 14.0. The van der Waals surface area contributed by atoms with Crippen LogP contribution in [-0.2, 0) is 14.6 Å². The number of carbonyl (C=O) groups is 1. The van der Waals surface area contributed by atoms with Crippen molar-refractivity contribution in [1.29, 1.82) is 0 Å². The van der Waals surface area contributed by atoms with Crippen LogP contribution in [0.2, 0.25) is 0 Å². The van der Waals surface area contributed by atoms with E-state index in [1.165, 1.54) is 23.8 Å². The van der Waals surface area contributed by atoms with Crippen molar-refractivity contribution in [3.05, 3.63) is 65.7 Å². The lowest BCUT2D eigenvalue weighted by Crippen LogP contribution is -2.08. The van der Waals surface area contributed by atoms with Gasteiger partial charge in [0, 0.05) is 18.0 Å². The SMILES string of the molecule is CC(C)c1ccc(/C=C/C(=O)Nc2ccc(S(C)(=O)=O)cc2)cc1. The van der Waals surface area contributed by atoms with Crippen LogP contribution in [0.3, 0.4) is 0 Å². The first kappa shape index (κ1) is 17.9. The summed E-state index contributed by atoms with van der Waals surface area (Å²) >= 11 is 0. The van der Waals surface area contributed by atoms with E-state index in [0.717, 1.165) is 11.8 Å². The van der Waals surface area contributed by atoms with Crippen LogP contribution in [0.25, 0.3) is 6.08 Å². The van der Waals surface area contributed by atoms with Crippen molar-refractivity contribution < 1.29 is 13.2 Å². The Labute approximate surface area is 143 Å². The molecule has 0 atom stereocenters. The van der Waals surface area contributed by atoms with E-state index in [2.05, 4.69) is 19.2 Å². The first-order valence-electron chi connectivity index (χ1n) is 7.65. The topological polar surface area (TPSA) is 63.2 Å². The second-order valence-electron chi connectivity index (χ2n) is 5.94. The summed E-state index contributed by atoms with van der Waals surface area (Å²) in [5, 5.41) is 2.70. The molecule has 24 heavy (non-hydrogen) atoms. The van der Waals surface area contributed by atoms with Gasteiger partial charge in [0.15, 0.2) is 9.84 Å². The number of sulfone groups is 1. The predicted octanol–water partition coefficient (Wildman–Crippen LogP) is 3.87. The first-order chi connectivity index (χ1) is 11.3. The third-order valence-corrected chi connectivity index (χ3v) is 4.71. The smallest absolute Gasteiger partial charge is 0.248 e. The molecule has 0 spiro atoms. The van der Waals surface area contributed by atoms with Gasteiger partial charge in [0.05, 0.1) is 4.90 Å². The molecule has 5 heteroatoms. The van der Waals surface area contributed by atoms with Crippen LogP contribution in [0.1, 0.15) is 30.9 Å². The fourth-order valence-corrected chi connectivity index (χ4v) is 2.76. The normalized spacial score (nSPS) is 11.8. The molecule has 0 fully saturated rings. The first-order valence-corrected chi connectivity index (χ1v) is 9.54. The fraction of sp³-hybridized carbons (Fsp3) is 0.211. The minimum absolute atomic E-state index is 0.223. The highest BCUT2D eigenvalue weighted by molar-refractivity contribution is 7.90. The highest BCUT2D eigenvalue weighted by Crippen LogP contribution is 2.16. The summed E-state index contributed by atoms with van der Waals surface area (Å²) in [6.45, 7) is 4.26. The third-order valence-electron chi connectivity index (χ3n) is 3.58. The maximum atomic E-state index is 11.9. The van der Waals surface area contributed by atoms with Crippen LogP contribution in [0.15, 0.2) is 59.5 Å². The molecule has 126 valence electrons. The number of carbonyl (C=O) groups excluding carboxylic acids is 1. The molecule has 0 aromatic heterocycles. The molecule has 0 bridgehead atoms. The van der Waals surface area contributed by atoms with Gasteiger partial charge in [-0.1, -0.05) is 38.1 Å². The molecular weight excluding hydrogens is 322 g/mol. The van der Waals surface area contributed by atoms with E-state index in [0.29, 0.717) is 11.6 Å². The molecule has 0 radical (unpaired) electrons. The average Bonchev–Trinajstić information content (AvgIpc) is 2.53. The molecule has 1 N–H and O–H groups in total. The maximum Gasteiger partial charge on any atom is 0.248 e. The number of amides is 1. The molecule has 0 aliphatic carbocycles. The quantitative estimate of drug-likeness (QED) is 0.838. The van der Waals surface area contributed by atoms with Gasteiger partial charge in [-0.3, -0.25) is 4.79 Å². The van der Waals surface area contributed by atoms with E-state index in [4.69, 9.17) is 0 Å². The molecule has 2 aromatic rings. The minimum Gasteiger partial charge on any atom is -0.323 e. The molecule has 0 unspecified atom stereocenters. The largest absolute Gasteiger partial charge is 0.323 e. The van der Waals surface area contributed by atoms with E-state index in [1.54, 1.807) is 18.2 Å². The molecule has 0 aliphatic rings. The molecular formula is C19H21NO3S. The Morgan fingerprint density at radius 3 is 2.08 bits per heavy atom. The zero-order valence-corrected chi connectivity index (χ0v) is 14.8. The molecule has 2 aromatic carbocycles. The summed E-state index contributed by atoms with van der Waals surface area (Å²) in [7, 11) is -3.23. The van der Waals surface area contributed by atoms with Gasteiger partial charge >= 0.3 is 0 Å². The summed E-state index contributed by atoms with van der Waals surface area (Å²) in [4.78, 5) is 12.2. The van der Waals surface area contributed by atoms with Crippen LogP contribution >= 0.6 is 0 Å². The molecule has 4 nitrogen and oxygen atoms in total. The van der Waals surface area contributed by atoms with Gasteiger partial charge < -0.3 is 5.32 Å². The Balaban J connectivity index is 2.00. The lowest BCUT2D eigenvalue weighted by atomic mass is 10.0. The van der Waals surface area contributed by atoms with E-state index < -0.39 is 9.84 Å². The van der Waals surface area contributed by atoms with Crippen molar-refractivity contribution in [2.75, 3.05) is 11.6 Å². The van der Waals surface area contributed by atoms with Crippen LogP contribution in [0, 0.1) is 0 Å². The number of hydrogen-bond acceptors (Lipinski definition) is 3. The van der Waals surface area contributed by atoms with Crippen molar-refractivity contribution in [1.82, 2.24) is 0 Å². The summed E-state index contributed by atoms with van der Waals surface area (Å²) in [5.41, 5.74) is 2.75. The number of benzene rings is 2. The van der Waals surface area contributed by atoms with Crippen LogP contribution in [0.4, 0.5) is 5.69 Å². The summed E-state index contributed by atoms with van der Waals surface area (Å²) < 4.78 is 22.8. The second kappa shape index (κ2) is 7.45. The molecule has 2 rings (SSSR count). The highest BCUT2D eigenvalue weighted by atomic mass is 32.2. The van der Waals surface area contributed by atoms with Crippen molar-refractivity contribution >= 4 is 27.5 Å². The number of anilines is 1. The monoisotopic (exact) mass is 343 g/mol. The van der Waals surface area contributed by atoms with Crippen molar-refractivity contribution in [3.8, 4) is 0 Å². The lowest BCUT2D eigenvalue weighted by Gasteiger charge is -2.05. The van der Waals surface area contributed by atoms with Crippen LogP contribution in [0.5, 0.6) is 0 Å². The van der Waals surface area contributed by atoms with Crippen molar-refractivity contribution in [2.24, 2.45) is 0 Å². The van der Waals surface area contributed by atoms with Crippen molar-refractivity contribution in [3.63, 3.8) is 0 Å². The zero-order chi connectivity index (χ0) is 17.7. The Morgan fingerprint density at radius 2 is 1.58 bits per heavy atom. The Hall–Kier alpha value is -2.40. The van der Waals surface area contributed by atoms with Gasteiger partial charge in [0.2, 0.25) is 5.91 Å². The standard InChI is InChI=1S/C19H21NO3S/c1-14(2)16-7-4-15(5-8-16)6-13-19(21)20-17-9-11-18(12-10-17)24(3,22)23/h4-14H,1-3H3,(H,20,21)/b13-6+. The van der Waals surface area contributed by atoms with Gasteiger partial charge in [-0.15, -0.1) is 0 Å². The number of hydrogen-bond donors (Lipinski definition) is 1. The van der Waals surface area contributed by atoms with Crippen molar-refractivity contribution in [2.45, 2.75) is 24.7 Å². The van der Waals surface area contributed by atoms with Gasteiger partial charge in [-0.05, 0) is 47.4 Å². The van der Waals surface area contributed by atoms with E-state index in [-0.39, 0.29) is 10.8 Å². The number of rotatable bonds is 5. The summed E-state index contributed by atoms with van der Waals surface area (Å²) in [6.07, 6.45) is 4.34. The Kier molecular flexibility index (Phi) is 5.57. The third kappa shape index (κ3) is 5.06. The Morgan fingerprint density at radius 1 is 1.00 bits per heavy atom. The molecule has 0 saturated carbocycles. The van der Waals surface area contributed by atoms with Gasteiger partial charge in [-0.2, -0.15) is 0 Å². The Bertz CT molecular complexity index is 833. The van der Waals surface area contributed by atoms with E-state index in [9.17, 15) is 13.2 Å². The molecule has 1 amide bonds. The van der Waals surface area contributed by atoms with E-state index >= 15 is 0 Å². The van der Waals surface area contributed by atoms with Gasteiger partial charge in [0.1, 0.15) is 0 Å². The van der Waals surface area contributed by atoms with E-state index in [1.807, 2.05) is 24.3 Å². The maximum absolute atomic E-state index is 11.9. The minimum atomic E-state index is -3.23. The van der Waals surface area contributed by atoms with Gasteiger partial charge in [-0.25, -0.2) is 8.42 Å². The lowest BCUT2D eigenvalue weighted by molar-refractivity contribution is -0.111. The summed E-state index contributed by atoms with van der Waals surface area (Å²) in [6, 6.07) is 14.1. The average molecular weight is 343 g/mol. The molecule has 0 heterocycles. The molecule has 0 saturated heterocycles. The fourth-order valence-electron chi connectivity index (χ4n) is 2.13. The highest BCUT2D eigenvalue weighted by Gasteiger charge is 2.06. The van der Waals surface area contributed by atoms with Crippen LogP contribution in [-0.4, -0.2) is 20.6 Å². The van der Waals surface area contributed by atoms with Gasteiger partial charge in [0.25, 0.3) is 0 Å². The number of nitrogens with one attached hydrogen (secondary N) is 1. The molecule has 0 aliphatic heterocycles. The predicted molar refractivity (Wildman–Crippen MR) is 97.7 cm³/mol.